The van der Waals surface area contributed by atoms with Gasteiger partial charge in [0.25, 0.3) is 0 Å². The molecule has 23 heavy (non-hydrogen) atoms. The van der Waals surface area contributed by atoms with Gasteiger partial charge in [0, 0.05) is 0 Å². The second-order valence-electron chi connectivity index (χ2n) is 4.25. The molecule has 0 amide bonds. The molecule has 4 nitrogen and oxygen atoms in total. The number of para-hydroxylation sites is 4. The number of hydrogen-bond donors (Lipinski definition) is 1. The second kappa shape index (κ2) is 8.03. The largest absolute Gasteiger partial charge is 0.439 e. The first-order valence-corrected chi connectivity index (χ1v) is 8.00. The van der Waals surface area contributed by atoms with E-state index in [2.05, 4.69) is 10.3 Å². The van der Waals surface area contributed by atoms with Crippen molar-refractivity contribution in [3.8, 4) is 5.75 Å². The highest BCUT2D eigenvalue weighted by molar-refractivity contribution is 5.74. The third-order valence-electron chi connectivity index (χ3n) is 2.93. The molecule has 1 aliphatic rings. The maximum absolute atomic E-state index is 5.66. The Labute approximate surface area is 136 Å². The Bertz CT molecular complexity index is 731. The van der Waals surface area contributed by atoms with Gasteiger partial charge in [0.05, 0.1) is 11.8 Å². The number of oxazole rings is 1. The Morgan fingerprint density at radius 3 is 2.35 bits per heavy atom. The molecule has 2 heterocycles. The van der Waals surface area contributed by atoms with Crippen molar-refractivity contribution in [1.29, 1.82) is 0 Å². The van der Waals surface area contributed by atoms with Gasteiger partial charge in [0.1, 0.15) is 5.52 Å². The van der Waals surface area contributed by atoms with Crippen molar-refractivity contribution in [3.63, 3.8) is 0 Å². The molecule has 0 saturated carbocycles. The van der Waals surface area contributed by atoms with Crippen molar-refractivity contribution in [2.75, 3.05) is 5.32 Å². The van der Waals surface area contributed by atoms with Gasteiger partial charge in [-0.25, -0.2) is 4.98 Å². The zero-order valence-electron chi connectivity index (χ0n) is 14.0. The van der Waals surface area contributed by atoms with E-state index in [1.54, 1.807) is 6.08 Å². The van der Waals surface area contributed by atoms with Gasteiger partial charge in [-0.2, -0.15) is 0 Å². The van der Waals surface area contributed by atoms with Gasteiger partial charge in [-0.3, -0.25) is 0 Å². The monoisotopic (exact) mass is 310 g/mol. The molecule has 0 atom stereocenters. The van der Waals surface area contributed by atoms with Gasteiger partial charge in [-0.15, -0.1) is 0 Å². The van der Waals surface area contributed by atoms with Gasteiger partial charge in [0.2, 0.25) is 11.8 Å². The van der Waals surface area contributed by atoms with Crippen LogP contribution in [0.2, 0.25) is 0 Å². The normalized spacial score (nSPS) is 13.1. The van der Waals surface area contributed by atoms with Crippen molar-refractivity contribution in [2.24, 2.45) is 0 Å². The molecule has 3 aromatic rings. The molecule has 1 aromatic heterocycles. The van der Waals surface area contributed by atoms with Gasteiger partial charge in [0.15, 0.2) is 11.3 Å². The van der Waals surface area contributed by atoms with Crippen LogP contribution >= 0.6 is 0 Å². The highest BCUT2D eigenvalue weighted by atomic mass is 16.5. The van der Waals surface area contributed by atoms with E-state index in [-0.39, 0.29) is 0 Å². The molecular formula is C19H22N2O2. The number of hydrogen-bond acceptors (Lipinski definition) is 4. The van der Waals surface area contributed by atoms with Gasteiger partial charge in [-0.05, 0) is 24.3 Å². The van der Waals surface area contributed by atoms with Gasteiger partial charge < -0.3 is 14.5 Å². The first-order valence-electron chi connectivity index (χ1n) is 8.00. The number of benzene rings is 2. The van der Waals surface area contributed by atoms with Crippen molar-refractivity contribution in [3.05, 3.63) is 60.3 Å². The predicted molar refractivity (Wildman–Crippen MR) is 95.4 cm³/mol. The van der Waals surface area contributed by atoms with Crippen LogP contribution in [0, 0.1) is 0 Å². The van der Waals surface area contributed by atoms with Crippen LogP contribution in [-0.2, 0) is 0 Å². The minimum atomic E-state index is 0.525. The summed E-state index contributed by atoms with van der Waals surface area (Å²) >= 11 is 0. The summed E-state index contributed by atoms with van der Waals surface area (Å²) in [5, 5.41) is 3.17. The van der Waals surface area contributed by atoms with Crippen LogP contribution in [0.3, 0.4) is 0 Å². The Balaban J connectivity index is 0.000000448. The number of ether oxygens (including phenoxy) is 1. The average molecular weight is 310 g/mol. The summed E-state index contributed by atoms with van der Waals surface area (Å²) in [7, 11) is 0. The maximum atomic E-state index is 5.66. The van der Waals surface area contributed by atoms with Crippen molar-refractivity contribution >= 4 is 22.9 Å². The second-order valence-corrected chi connectivity index (χ2v) is 4.25. The van der Waals surface area contributed by atoms with Crippen molar-refractivity contribution in [1.82, 2.24) is 4.98 Å². The van der Waals surface area contributed by atoms with Crippen LogP contribution in [0.5, 0.6) is 5.75 Å². The van der Waals surface area contributed by atoms with Crippen LogP contribution in [-0.4, -0.2) is 4.98 Å². The topological polar surface area (TPSA) is 47.3 Å². The van der Waals surface area contributed by atoms with Crippen LogP contribution in [0.15, 0.2) is 58.8 Å². The van der Waals surface area contributed by atoms with Crippen LogP contribution in [0.25, 0.3) is 17.2 Å². The third kappa shape index (κ3) is 3.72. The fourth-order valence-electron chi connectivity index (χ4n) is 2.07. The van der Waals surface area contributed by atoms with E-state index in [4.69, 9.17) is 9.15 Å². The Kier molecular flexibility index (Phi) is 5.80. The Morgan fingerprint density at radius 2 is 1.61 bits per heavy atom. The van der Waals surface area contributed by atoms with E-state index < -0.39 is 0 Å². The molecule has 4 rings (SSSR count). The first-order chi connectivity index (χ1) is 11.4. The summed E-state index contributed by atoms with van der Waals surface area (Å²) in [4.78, 5) is 4.38. The lowest BCUT2D eigenvalue weighted by Gasteiger charge is -1.95. The summed E-state index contributed by atoms with van der Waals surface area (Å²) < 4.78 is 11.3. The lowest BCUT2D eigenvalue weighted by Crippen LogP contribution is -1.95. The minimum Gasteiger partial charge on any atom is -0.439 e. The number of anilines is 1. The SMILES string of the molecule is C(=C1Nc2ccccc2O1)c1nc2ccccc2o1.CC.CC. The number of nitrogens with one attached hydrogen (secondary N) is 1. The molecule has 1 N–H and O–H groups in total. The molecule has 4 heteroatoms. The van der Waals surface area contributed by atoms with Gasteiger partial charge in [-0.1, -0.05) is 52.0 Å². The Morgan fingerprint density at radius 1 is 0.913 bits per heavy atom. The number of fused-ring (bicyclic) bond motifs is 2. The summed E-state index contributed by atoms with van der Waals surface area (Å²) in [6.07, 6.45) is 1.75. The quantitative estimate of drug-likeness (QED) is 0.628. The van der Waals surface area contributed by atoms with E-state index in [1.807, 2.05) is 76.2 Å². The zero-order chi connectivity index (χ0) is 16.7. The lowest BCUT2D eigenvalue weighted by molar-refractivity contribution is 0.459. The lowest BCUT2D eigenvalue weighted by atomic mass is 10.3. The molecule has 2 aromatic carbocycles. The molecule has 0 saturated heterocycles. The summed E-state index contributed by atoms with van der Waals surface area (Å²) in [6, 6.07) is 15.4. The van der Waals surface area contributed by atoms with E-state index in [1.165, 1.54) is 0 Å². The van der Waals surface area contributed by atoms with E-state index in [9.17, 15) is 0 Å². The molecule has 0 aliphatic carbocycles. The van der Waals surface area contributed by atoms with Crippen LogP contribution in [0.1, 0.15) is 33.6 Å². The maximum Gasteiger partial charge on any atom is 0.225 e. The fraction of sp³-hybridized carbons (Fsp3) is 0.211. The predicted octanol–water partition coefficient (Wildman–Crippen LogP) is 5.68. The van der Waals surface area contributed by atoms with E-state index in [0.717, 1.165) is 22.5 Å². The van der Waals surface area contributed by atoms with Crippen LogP contribution in [0.4, 0.5) is 5.69 Å². The number of aromatic nitrogens is 1. The fourth-order valence-corrected chi connectivity index (χ4v) is 2.07. The number of nitrogens with zero attached hydrogens (tertiary/aromatic N) is 1. The molecular weight excluding hydrogens is 288 g/mol. The highest BCUT2D eigenvalue weighted by Crippen LogP contribution is 2.33. The molecule has 1 aliphatic heterocycles. The van der Waals surface area contributed by atoms with Crippen molar-refractivity contribution < 1.29 is 9.15 Å². The summed E-state index contributed by atoms with van der Waals surface area (Å²) in [5.74, 6) is 1.95. The average Bonchev–Trinajstić information content (AvgIpc) is 3.21. The smallest absolute Gasteiger partial charge is 0.225 e. The number of rotatable bonds is 1. The first kappa shape index (κ1) is 16.6. The van der Waals surface area contributed by atoms with Crippen molar-refractivity contribution in [2.45, 2.75) is 27.7 Å². The third-order valence-corrected chi connectivity index (χ3v) is 2.93. The highest BCUT2D eigenvalue weighted by Gasteiger charge is 2.16. The molecule has 120 valence electrons. The van der Waals surface area contributed by atoms with E-state index in [0.29, 0.717) is 11.8 Å². The Hall–Kier alpha value is -2.75. The summed E-state index contributed by atoms with van der Waals surface area (Å²) in [5.41, 5.74) is 2.56. The molecule has 0 fully saturated rings. The van der Waals surface area contributed by atoms with Crippen LogP contribution < -0.4 is 10.1 Å². The minimum absolute atomic E-state index is 0.525. The standard InChI is InChI=1S/C15H10N2O2.2C2H6/c1-3-7-12-10(5-1)16-14(18-12)9-15-17-11-6-2-4-8-13(11)19-15;2*1-2/h1-9,16H;2*1-2H3. The summed E-state index contributed by atoms with van der Waals surface area (Å²) in [6.45, 7) is 8.00. The zero-order valence-corrected chi connectivity index (χ0v) is 14.0. The molecule has 0 bridgehead atoms. The van der Waals surface area contributed by atoms with E-state index >= 15 is 0 Å². The molecule has 0 spiro atoms. The molecule has 0 radical (unpaired) electrons. The van der Waals surface area contributed by atoms with Gasteiger partial charge >= 0.3 is 0 Å². The molecule has 0 unspecified atom stereocenters.